The fraction of sp³-hybridized carbons (Fsp3) is 0.520. The topological polar surface area (TPSA) is 41.5 Å². The molecule has 0 radical (unpaired) electrons. The van der Waals surface area contributed by atoms with Crippen molar-refractivity contribution in [2.24, 2.45) is 5.10 Å². The second kappa shape index (κ2) is 13.9. The molecule has 0 spiro atoms. The van der Waals surface area contributed by atoms with Gasteiger partial charge in [-0.25, -0.2) is 5.43 Å². The van der Waals surface area contributed by atoms with E-state index in [1.165, 1.54) is 63.2 Å². The molecule has 2 aromatic rings. The maximum absolute atomic E-state index is 11.9. The van der Waals surface area contributed by atoms with Crippen molar-refractivity contribution in [1.29, 1.82) is 0 Å². The van der Waals surface area contributed by atoms with Crippen molar-refractivity contribution < 1.29 is 4.79 Å². The number of amides is 1. The fourth-order valence-electron chi connectivity index (χ4n) is 3.54. The Bertz CT molecular complexity index is 718. The van der Waals surface area contributed by atoms with E-state index in [9.17, 15) is 4.79 Å². The van der Waals surface area contributed by atoms with E-state index in [0.29, 0.717) is 6.42 Å². The van der Waals surface area contributed by atoms with Crippen molar-refractivity contribution in [2.75, 3.05) is 0 Å². The fourth-order valence-corrected chi connectivity index (χ4v) is 3.54. The maximum Gasteiger partial charge on any atom is 0.240 e. The third kappa shape index (κ3) is 8.69. The number of benzene rings is 2. The number of hydrazone groups is 1. The Morgan fingerprint density at radius 1 is 0.821 bits per heavy atom. The van der Waals surface area contributed by atoms with E-state index < -0.39 is 0 Å². The highest BCUT2D eigenvalue weighted by molar-refractivity contribution is 5.99. The molecule has 0 fully saturated rings. The van der Waals surface area contributed by atoms with Crippen molar-refractivity contribution >= 4 is 22.9 Å². The summed E-state index contributed by atoms with van der Waals surface area (Å²) in [6.45, 7) is 2.26. The van der Waals surface area contributed by atoms with Crippen LogP contribution >= 0.6 is 0 Å². The van der Waals surface area contributed by atoms with Crippen LogP contribution in [0.15, 0.2) is 47.6 Å². The van der Waals surface area contributed by atoms with Gasteiger partial charge in [-0.05, 0) is 17.2 Å². The van der Waals surface area contributed by atoms with Gasteiger partial charge in [-0.15, -0.1) is 0 Å². The number of nitrogens with one attached hydrogen (secondary N) is 1. The highest BCUT2D eigenvalue weighted by Crippen LogP contribution is 2.16. The first-order chi connectivity index (χ1) is 13.8. The molecule has 2 rings (SSSR count). The van der Waals surface area contributed by atoms with E-state index in [1.54, 1.807) is 6.21 Å². The van der Waals surface area contributed by atoms with Gasteiger partial charge in [-0.3, -0.25) is 4.79 Å². The molecule has 3 nitrogen and oxygen atoms in total. The molecule has 0 bridgehead atoms. The van der Waals surface area contributed by atoms with Gasteiger partial charge in [0.05, 0.1) is 6.21 Å². The lowest BCUT2D eigenvalue weighted by atomic mass is 10.1. The number of carbonyl (C=O) groups excluding carboxylic acids is 1. The van der Waals surface area contributed by atoms with Gasteiger partial charge in [0.15, 0.2) is 0 Å². The molecule has 0 aliphatic heterocycles. The van der Waals surface area contributed by atoms with Crippen LogP contribution in [0.1, 0.15) is 89.5 Å². The van der Waals surface area contributed by atoms with E-state index in [4.69, 9.17) is 0 Å². The third-order valence-corrected chi connectivity index (χ3v) is 5.22. The van der Waals surface area contributed by atoms with Crippen LogP contribution in [0.5, 0.6) is 0 Å². The van der Waals surface area contributed by atoms with Gasteiger partial charge in [0.25, 0.3) is 0 Å². The van der Waals surface area contributed by atoms with Gasteiger partial charge >= 0.3 is 0 Å². The molecule has 152 valence electrons. The molecule has 0 unspecified atom stereocenters. The number of hydrogen-bond acceptors (Lipinski definition) is 2. The van der Waals surface area contributed by atoms with Crippen LogP contribution in [0, 0.1) is 0 Å². The van der Waals surface area contributed by atoms with Gasteiger partial charge in [0, 0.05) is 12.0 Å². The number of fused-ring (bicyclic) bond motifs is 1. The minimum atomic E-state index is 0.00686. The summed E-state index contributed by atoms with van der Waals surface area (Å²) in [4.78, 5) is 11.9. The molecule has 0 aliphatic carbocycles. The maximum atomic E-state index is 11.9. The smallest absolute Gasteiger partial charge is 0.240 e. The SMILES string of the molecule is CCCCCCCCCCCCCC(=O)N/N=C/c1cccc2ccccc12. The Morgan fingerprint density at radius 3 is 2.14 bits per heavy atom. The molecule has 0 heterocycles. The van der Waals surface area contributed by atoms with E-state index in [1.807, 2.05) is 24.3 Å². The summed E-state index contributed by atoms with van der Waals surface area (Å²) in [5.41, 5.74) is 3.68. The van der Waals surface area contributed by atoms with Gasteiger partial charge in [0.1, 0.15) is 0 Å². The van der Waals surface area contributed by atoms with E-state index in [2.05, 4.69) is 35.7 Å². The highest BCUT2D eigenvalue weighted by atomic mass is 16.2. The second-order valence-electron chi connectivity index (χ2n) is 7.65. The van der Waals surface area contributed by atoms with Crippen LogP contribution < -0.4 is 5.43 Å². The summed E-state index contributed by atoms with van der Waals surface area (Å²) in [6.07, 6.45) is 16.5. The van der Waals surface area contributed by atoms with Gasteiger partial charge in [-0.1, -0.05) is 114 Å². The Labute approximate surface area is 170 Å². The molecule has 1 amide bonds. The van der Waals surface area contributed by atoms with Crippen LogP contribution in [0.25, 0.3) is 10.8 Å². The van der Waals surface area contributed by atoms with E-state index in [0.717, 1.165) is 23.8 Å². The molecule has 0 aliphatic rings. The van der Waals surface area contributed by atoms with Crippen LogP contribution in [-0.4, -0.2) is 12.1 Å². The highest BCUT2D eigenvalue weighted by Gasteiger charge is 2.01. The number of nitrogens with zero attached hydrogens (tertiary/aromatic N) is 1. The van der Waals surface area contributed by atoms with E-state index >= 15 is 0 Å². The number of hydrogen-bond donors (Lipinski definition) is 1. The standard InChI is InChI=1S/C25H36N2O/c1-2-3-4-5-6-7-8-9-10-11-12-20-25(28)27-26-21-23-18-15-17-22-16-13-14-19-24(22)23/h13-19,21H,2-12,20H2,1H3,(H,27,28)/b26-21+. The predicted octanol–water partition coefficient (Wildman–Crippen LogP) is 6.99. The van der Waals surface area contributed by atoms with Crippen molar-refractivity contribution in [3.63, 3.8) is 0 Å². The quantitative estimate of drug-likeness (QED) is 0.214. The Hall–Kier alpha value is -2.16. The molecule has 28 heavy (non-hydrogen) atoms. The normalized spacial score (nSPS) is 11.3. The Morgan fingerprint density at radius 2 is 1.43 bits per heavy atom. The summed E-state index contributed by atoms with van der Waals surface area (Å²) in [5, 5.41) is 6.46. The zero-order chi connectivity index (χ0) is 19.9. The van der Waals surface area contributed by atoms with Crippen LogP contribution in [0.2, 0.25) is 0 Å². The monoisotopic (exact) mass is 380 g/mol. The minimum Gasteiger partial charge on any atom is -0.273 e. The lowest BCUT2D eigenvalue weighted by Gasteiger charge is -2.03. The van der Waals surface area contributed by atoms with Crippen LogP contribution in [0.3, 0.4) is 0 Å². The average Bonchev–Trinajstić information content (AvgIpc) is 2.72. The molecule has 2 aromatic carbocycles. The average molecular weight is 381 g/mol. The molecule has 0 saturated heterocycles. The van der Waals surface area contributed by atoms with Crippen molar-refractivity contribution in [3.8, 4) is 0 Å². The molecular formula is C25H36N2O. The molecule has 3 heteroatoms. The first-order valence-electron chi connectivity index (χ1n) is 11.1. The number of rotatable bonds is 14. The van der Waals surface area contributed by atoms with Gasteiger partial charge in [0.2, 0.25) is 5.91 Å². The van der Waals surface area contributed by atoms with E-state index in [-0.39, 0.29) is 5.91 Å². The molecule has 0 atom stereocenters. The van der Waals surface area contributed by atoms with Crippen molar-refractivity contribution in [1.82, 2.24) is 5.43 Å². The van der Waals surface area contributed by atoms with Crippen LogP contribution in [0.4, 0.5) is 0 Å². The third-order valence-electron chi connectivity index (χ3n) is 5.22. The zero-order valence-corrected chi connectivity index (χ0v) is 17.5. The van der Waals surface area contributed by atoms with Gasteiger partial charge in [-0.2, -0.15) is 5.10 Å². The lowest BCUT2D eigenvalue weighted by molar-refractivity contribution is -0.121. The number of unbranched alkanes of at least 4 members (excludes halogenated alkanes) is 10. The first-order valence-corrected chi connectivity index (χ1v) is 11.1. The summed E-state index contributed by atoms with van der Waals surface area (Å²) in [7, 11) is 0. The largest absolute Gasteiger partial charge is 0.273 e. The minimum absolute atomic E-state index is 0.00686. The first kappa shape index (κ1) is 22.1. The zero-order valence-electron chi connectivity index (χ0n) is 17.5. The number of carbonyl (C=O) groups is 1. The second-order valence-corrected chi connectivity index (χ2v) is 7.65. The summed E-state index contributed by atoms with van der Waals surface area (Å²) < 4.78 is 0. The van der Waals surface area contributed by atoms with Crippen molar-refractivity contribution in [2.45, 2.75) is 84.0 Å². The van der Waals surface area contributed by atoms with Crippen molar-refractivity contribution in [3.05, 3.63) is 48.0 Å². The Balaban J connectivity index is 1.53. The Kier molecular flexibility index (Phi) is 11.0. The summed E-state index contributed by atoms with van der Waals surface area (Å²) >= 11 is 0. The van der Waals surface area contributed by atoms with Crippen LogP contribution in [-0.2, 0) is 4.79 Å². The van der Waals surface area contributed by atoms with Gasteiger partial charge < -0.3 is 0 Å². The lowest BCUT2D eigenvalue weighted by Crippen LogP contribution is -2.16. The predicted molar refractivity (Wildman–Crippen MR) is 121 cm³/mol. The molecule has 1 N–H and O–H groups in total. The summed E-state index contributed by atoms with van der Waals surface area (Å²) in [5.74, 6) is 0.00686. The molecule has 0 aromatic heterocycles. The molecule has 0 saturated carbocycles. The molecular weight excluding hydrogens is 344 g/mol. The summed E-state index contributed by atoms with van der Waals surface area (Å²) in [6, 6.07) is 14.3.